The Morgan fingerprint density at radius 1 is 1.03 bits per heavy atom. The maximum absolute atomic E-state index is 12.1. The maximum atomic E-state index is 12.1. The molecule has 1 aliphatic heterocycles. The first kappa shape index (κ1) is 21.1. The largest absolute Gasteiger partial charge is 0.494 e. The Kier molecular flexibility index (Phi) is 7.47. The average Bonchev–Trinajstić information content (AvgIpc) is 2.74. The first-order valence-electron chi connectivity index (χ1n) is 10.1. The van der Waals surface area contributed by atoms with Crippen molar-refractivity contribution in [3.05, 3.63) is 54.1 Å². The van der Waals surface area contributed by atoms with Crippen LogP contribution in [0.5, 0.6) is 11.5 Å². The molecule has 0 aliphatic carbocycles. The Morgan fingerprint density at radius 2 is 1.62 bits per heavy atom. The zero-order chi connectivity index (χ0) is 20.6. The number of rotatable bonds is 7. The van der Waals surface area contributed by atoms with E-state index in [4.69, 9.17) is 21.7 Å². The fourth-order valence-corrected chi connectivity index (χ4v) is 3.55. The lowest BCUT2D eigenvalue weighted by atomic mass is 9.99. The van der Waals surface area contributed by atoms with Crippen molar-refractivity contribution >= 4 is 28.8 Å². The van der Waals surface area contributed by atoms with Gasteiger partial charge in [-0.15, -0.1) is 0 Å². The van der Waals surface area contributed by atoms with Crippen molar-refractivity contribution in [2.75, 3.05) is 31.6 Å². The van der Waals surface area contributed by atoms with Gasteiger partial charge in [0.2, 0.25) is 0 Å². The number of hydrogen-bond donors (Lipinski definition) is 1. The topological polar surface area (TPSA) is 50.8 Å². The quantitative estimate of drug-likeness (QED) is 0.678. The van der Waals surface area contributed by atoms with Crippen LogP contribution in [0.2, 0.25) is 0 Å². The number of nitrogens with one attached hydrogen (secondary N) is 1. The SMILES string of the molecule is CCOc1ccc(NC(=O)COc2ccc(C(=S)N3CCC(C)CC3)cc2)cc1. The van der Waals surface area contributed by atoms with Crippen molar-refractivity contribution < 1.29 is 14.3 Å². The highest BCUT2D eigenvalue weighted by atomic mass is 32.1. The molecule has 6 heteroatoms. The molecule has 0 bridgehead atoms. The summed E-state index contributed by atoms with van der Waals surface area (Å²) in [7, 11) is 0. The molecule has 3 rings (SSSR count). The van der Waals surface area contributed by atoms with Crippen molar-refractivity contribution in [3.63, 3.8) is 0 Å². The number of nitrogens with zero attached hydrogens (tertiary/aromatic N) is 1. The van der Waals surface area contributed by atoms with Crippen LogP contribution in [0.1, 0.15) is 32.3 Å². The summed E-state index contributed by atoms with van der Waals surface area (Å²) in [6.07, 6.45) is 2.37. The molecule has 1 heterocycles. The summed E-state index contributed by atoms with van der Waals surface area (Å²) in [5, 5.41) is 2.81. The van der Waals surface area contributed by atoms with Gasteiger partial charge in [-0.05, 0) is 74.2 Å². The molecule has 0 spiro atoms. The molecule has 5 nitrogen and oxygen atoms in total. The van der Waals surface area contributed by atoms with Gasteiger partial charge in [-0.2, -0.15) is 0 Å². The molecule has 2 aromatic carbocycles. The van der Waals surface area contributed by atoms with Crippen LogP contribution in [-0.2, 0) is 4.79 Å². The number of ether oxygens (including phenoxy) is 2. The number of hydrogen-bond acceptors (Lipinski definition) is 4. The van der Waals surface area contributed by atoms with Crippen molar-refractivity contribution in [2.24, 2.45) is 5.92 Å². The summed E-state index contributed by atoms with van der Waals surface area (Å²) in [6, 6.07) is 14.9. The summed E-state index contributed by atoms with van der Waals surface area (Å²) in [4.78, 5) is 15.3. The van der Waals surface area contributed by atoms with E-state index in [0.717, 1.165) is 35.3 Å². The summed E-state index contributed by atoms with van der Waals surface area (Å²) in [5.41, 5.74) is 1.72. The molecule has 1 amide bonds. The molecule has 0 unspecified atom stereocenters. The van der Waals surface area contributed by atoms with Crippen LogP contribution in [0.3, 0.4) is 0 Å². The van der Waals surface area contributed by atoms with Crippen molar-refractivity contribution in [1.29, 1.82) is 0 Å². The maximum Gasteiger partial charge on any atom is 0.262 e. The van der Waals surface area contributed by atoms with Gasteiger partial charge in [0.05, 0.1) is 6.61 Å². The minimum absolute atomic E-state index is 0.0545. The van der Waals surface area contributed by atoms with Gasteiger partial charge in [0, 0.05) is 24.3 Å². The third kappa shape index (κ3) is 6.19. The van der Waals surface area contributed by atoms with Crippen molar-refractivity contribution in [3.8, 4) is 11.5 Å². The van der Waals surface area contributed by atoms with Gasteiger partial charge in [-0.3, -0.25) is 4.79 Å². The van der Waals surface area contributed by atoms with Crippen LogP contribution in [-0.4, -0.2) is 42.1 Å². The number of amides is 1. The summed E-state index contributed by atoms with van der Waals surface area (Å²) in [5.74, 6) is 1.99. The minimum Gasteiger partial charge on any atom is -0.494 e. The lowest BCUT2D eigenvalue weighted by Crippen LogP contribution is -2.37. The molecule has 0 radical (unpaired) electrons. The Bertz CT molecular complexity index is 813. The van der Waals surface area contributed by atoms with Crippen LogP contribution in [0, 0.1) is 5.92 Å². The van der Waals surface area contributed by atoms with Crippen LogP contribution in [0.15, 0.2) is 48.5 Å². The lowest BCUT2D eigenvalue weighted by Gasteiger charge is -2.32. The monoisotopic (exact) mass is 412 g/mol. The van der Waals surface area contributed by atoms with E-state index in [1.807, 2.05) is 43.3 Å². The number of carbonyl (C=O) groups excluding carboxylic acids is 1. The summed E-state index contributed by atoms with van der Waals surface area (Å²) >= 11 is 5.64. The highest BCUT2D eigenvalue weighted by Gasteiger charge is 2.18. The first-order valence-corrected chi connectivity index (χ1v) is 10.5. The van der Waals surface area contributed by atoms with Gasteiger partial charge >= 0.3 is 0 Å². The first-order chi connectivity index (χ1) is 14.0. The summed E-state index contributed by atoms with van der Waals surface area (Å²) in [6.45, 7) is 6.81. The third-order valence-corrected chi connectivity index (χ3v) is 5.49. The van der Waals surface area contributed by atoms with E-state index in [2.05, 4.69) is 17.1 Å². The fourth-order valence-electron chi connectivity index (χ4n) is 3.24. The zero-order valence-corrected chi connectivity index (χ0v) is 17.8. The van der Waals surface area contributed by atoms with E-state index < -0.39 is 0 Å². The Balaban J connectivity index is 1.47. The van der Waals surface area contributed by atoms with Crippen LogP contribution in [0.4, 0.5) is 5.69 Å². The molecule has 1 N–H and O–H groups in total. The van der Waals surface area contributed by atoms with Gasteiger partial charge in [0.25, 0.3) is 5.91 Å². The molecule has 154 valence electrons. The second kappa shape index (κ2) is 10.3. The summed E-state index contributed by atoms with van der Waals surface area (Å²) < 4.78 is 11.0. The number of piperidine rings is 1. The molecule has 0 saturated carbocycles. The minimum atomic E-state index is -0.212. The average molecular weight is 413 g/mol. The second-order valence-corrected chi connectivity index (χ2v) is 7.68. The van der Waals surface area contributed by atoms with E-state index in [0.29, 0.717) is 18.0 Å². The fraction of sp³-hybridized carbons (Fsp3) is 0.391. The number of carbonyl (C=O) groups is 1. The smallest absolute Gasteiger partial charge is 0.262 e. The molecular formula is C23H28N2O3S. The zero-order valence-electron chi connectivity index (χ0n) is 17.0. The Labute approximate surface area is 178 Å². The molecule has 2 aromatic rings. The molecular weight excluding hydrogens is 384 g/mol. The lowest BCUT2D eigenvalue weighted by molar-refractivity contribution is -0.118. The predicted octanol–water partition coefficient (Wildman–Crippen LogP) is 4.51. The van der Waals surface area contributed by atoms with Gasteiger partial charge < -0.3 is 19.7 Å². The van der Waals surface area contributed by atoms with Crippen molar-refractivity contribution in [2.45, 2.75) is 26.7 Å². The normalized spacial score (nSPS) is 14.3. The van der Waals surface area contributed by atoms with Gasteiger partial charge in [0.15, 0.2) is 6.61 Å². The van der Waals surface area contributed by atoms with E-state index in [9.17, 15) is 4.79 Å². The van der Waals surface area contributed by atoms with Crippen LogP contribution in [0.25, 0.3) is 0 Å². The Morgan fingerprint density at radius 3 is 2.24 bits per heavy atom. The third-order valence-electron chi connectivity index (χ3n) is 4.99. The number of benzene rings is 2. The predicted molar refractivity (Wildman–Crippen MR) is 120 cm³/mol. The highest BCUT2D eigenvalue weighted by Crippen LogP contribution is 2.20. The van der Waals surface area contributed by atoms with E-state index in [1.165, 1.54) is 12.8 Å². The highest BCUT2D eigenvalue weighted by molar-refractivity contribution is 7.80. The molecule has 1 aliphatic rings. The van der Waals surface area contributed by atoms with E-state index >= 15 is 0 Å². The number of likely N-dealkylation sites (tertiary alicyclic amines) is 1. The van der Waals surface area contributed by atoms with Crippen LogP contribution >= 0.6 is 12.2 Å². The van der Waals surface area contributed by atoms with Crippen molar-refractivity contribution in [1.82, 2.24) is 4.90 Å². The van der Waals surface area contributed by atoms with E-state index in [1.54, 1.807) is 12.1 Å². The van der Waals surface area contributed by atoms with Gasteiger partial charge in [-0.25, -0.2) is 0 Å². The number of anilines is 1. The molecule has 0 aromatic heterocycles. The molecule has 29 heavy (non-hydrogen) atoms. The van der Waals surface area contributed by atoms with Crippen LogP contribution < -0.4 is 14.8 Å². The van der Waals surface area contributed by atoms with Gasteiger partial charge in [0.1, 0.15) is 16.5 Å². The second-order valence-electron chi connectivity index (χ2n) is 7.29. The van der Waals surface area contributed by atoms with E-state index in [-0.39, 0.29) is 12.5 Å². The number of thiocarbonyl (C=S) groups is 1. The molecule has 1 saturated heterocycles. The molecule has 0 atom stereocenters. The standard InChI is InChI=1S/C23H28N2O3S/c1-3-27-20-10-6-19(7-11-20)24-22(26)16-28-21-8-4-18(5-9-21)23(29)25-14-12-17(2)13-15-25/h4-11,17H,3,12-16H2,1-2H3,(H,24,26). The Hall–Kier alpha value is -2.60. The van der Waals surface area contributed by atoms with Gasteiger partial charge in [-0.1, -0.05) is 19.1 Å². The molecule has 1 fully saturated rings.